The second kappa shape index (κ2) is 7.64. The molecule has 0 saturated heterocycles. The number of para-hydroxylation sites is 1. The van der Waals surface area contributed by atoms with Crippen LogP contribution in [0.5, 0.6) is 0 Å². The van der Waals surface area contributed by atoms with Gasteiger partial charge in [-0.1, -0.05) is 44.2 Å². The summed E-state index contributed by atoms with van der Waals surface area (Å²) in [5, 5.41) is 3.30. The Balaban J connectivity index is 1.82. The summed E-state index contributed by atoms with van der Waals surface area (Å²) in [6, 6.07) is 18.1. The minimum atomic E-state index is 0.109. The van der Waals surface area contributed by atoms with Gasteiger partial charge in [0, 0.05) is 31.4 Å². The summed E-state index contributed by atoms with van der Waals surface area (Å²) in [6.45, 7) is 5.00. The molecule has 0 saturated carbocycles. The lowest BCUT2D eigenvalue weighted by molar-refractivity contribution is -0.118. The quantitative estimate of drug-likeness (QED) is 0.863. The molecule has 0 radical (unpaired) electrons. The number of hydrogen-bond donors (Lipinski definition) is 1. The fraction of sp³-hybridized carbons (Fsp3) is 0.316. The number of amides is 1. The van der Waals surface area contributed by atoms with Crippen molar-refractivity contribution in [3.8, 4) is 0 Å². The second-order valence-electron chi connectivity index (χ2n) is 5.74. The summed E-state index contributed by atoms with van der Waals surface area (Å²) in [6.07, 6.45) is 0.470. The molecule has 116 valence electrons. The van der Waals surface area contributed by atoms with Crippen LogP contribution in [0.15, 0.2) is 54.6 Å². The van der Waals surface area contributed by atoms with Crippen molar-refractivity contribution >= 4 is 17.3 Å². The third-order valence-electron chi connectivity index (χ3n) is 3.76. The van der Waals surface area contributed by atoms with E-state index in [1.54, 1.807) is 4.90 Å². The first-order chi connectivity index (χ1) is 10.6. The van der Waals surface area contributed by atoms with E-state index in [-0.39, 0.29) is 5.91 Å². The van der Waals surface area contributed by atoms with Crippen molar-refractivity contribution in [2.24, 2.45) is 0 Å². The fourth-order valence-electron chi connectivity index (χ4n) is 2.26. The summed E-state index contributed by atoms with van der Waals surface area (Å²) >= 11 is 0. The van der Waals surface area contributed by atoms with Crippen molar-refractivity contribution in [3.63, 3.8) is 0 Å². The summed E-state index contributed by atoms with van der Waals surface area (Å²) in [4.78, 5) is 13.9. The predicted molar refractivity (Wildman–Crippen MR) is 93.5 cm³/mol. The van der Waals surface area contributed by atoms with Gasteiger partial charge in [-0.25, -0.2) is 0 Å². The topological polar surface area (TPSA) is 32.3 Å². The summed E-state index contributed by atoms with van der Waals surface area (Å²) in [5.41, 5.74) is 3.30. The highest BCUT2D eigenvalue weighted by molar-refractivity contribution is 5.93. The average molecular weight is 296 g/mol. The Bertz CT molecular complexity index is 591. The number of nitrogens with one attached hydrogen (secondary N) is 1. The maximum Gasteiger partial charge on any atom is 0.228 e. The van der Waals surface area contributed by atoms with E-state index < -0.39 is 0 Å². The molecule has 0 aliphatic rings. The Morgan fingerprint density at radius 2 is 1.68 bits per heavy atom. The zero-order valence-corrected chi connectivity index (χ0v) is 13.5. The van der Waals surface area contributed by atoms with Crippen molar-refractivity contribution in [3.05, 3.63) is 60.2 Å². The van der Waals surface area contributed by atoms with Gasteiger partial charge in [-0.3, -0.25) is 4.79 Å². The van der Waals surface area contributed by atoms with E-state index in [2.05, 4.69) is 43.4 Å². The standard InChI is InChI=1S/C19H24N2O/c1-15(2)16-9-11-17(12-10-16)20-14-13-19(22)21(3)18-7-5-4-6-8-18/h4-12,15,20H,13-14H2,1-3H3. The van der Waals surface area contributed by atoms with Gasteiger partial charge >= 0.3 is 0 Å². The first kappa shape index (κ1) is 16.1. The second-order valence-corrected chi connectivity index (χ2v) is 5.74. The van der Waals surface area contributed by atoms with Crippen LogP contribution in [0.2, 0.25) is 0 Å². The third kappa shape index (κ3) is 4.35. The van der Waals surface area contributed by atoms with Crippen LogP contribution in [0.1, 0.15) is 31.7 Å². The van der Waals surface area contributed by atoms with Gasteiger partial charge in [0.25, 0.3) is 0 Å². The number of carbonyl (C=O) groups excluding carboxylic acids is 1. The van der Waals surface area contributed by atoms with Crippen molar-refractivity contribution in [2.45, 2.75) is 26.2 Å². The molecule has 0 fully saturated rings. The van der Waals surface area contributed by atoms with E-state index in [1.165, 1.54) is 5.56 Å². The zero-order chi connectivity index (χ0) is 15.9. The maximum atomic E-state index is 12.2. The zero-order valence-electron chi connectivity index (χ0n) is 13.5. The predicted octanol–water partition coefficient (Wildman–Crippen LogP) is 4.28. The Labute approximate surface area is 133 Å². The lowest BCUT2D eigenvalue weighted by Gasteiger charge is -2.17. The Morgan fingerprint density at radius 1 is 1.05 bits per heavy atom. The molecule has 0 atom stereocenters. The van der Waals surface area contributed by atoms with Crippen molar-refractivity contribution in [2.75, 3.05) is 23.8 Å². The smallest absolute Gasteiger partial charge is 0.228 e. The van der Waals surface area contributed by atoms with Crippen LogP contribution < -0.4 is 10.2 Å². The van der Waals surface area contributed by atoms with E-state index in [4.69, 9.17) is 0 Å². The van der Waals surface area contributed by atoms with E-state index in [1.807, 2.05) is 37.4 Å². The molecule has 0 aliphatic heterocycles. The van der Waals surface area contributed by atoms with Crippen LogP contribution in [0.3, 0.4) is 0 Å². The van der Waals surface area contributed by atoms with E-state index in [0.717, 1.165) is 11.4 Å². The van der Waals surface area contributed by atoms with Crippen LogP contribution in [-0.2, 0) is 4.79 Å². The summed E-state index contributed by atoms with van der Waals surface area (Å²) in [7, 11) is 1.81. The van der Waals surface area contributed by atoms with Gasteiger partial charge in [0.05, 0.1) is 0 Å². The van der Waals surface area contributed by atoms with Gasteiger partial charge in [-0.15, -0.1) is 0 Å². The summed E-state index contributed by atoms with van der Waals surface area (Å²) < 4.78 is 0. The molecule has 0 spiro atoms. The van der Waals surface area contributed by atoms with Gasteiger partial charge < -0.3 is 10.2 Å². The van der Waals surface area contributed by atoms with Crippen LogP contribution in [0.4, 0.5) is 11.4 Å². The van der Waals surface area contributed by atoms with Gasteiger partial charge in [-0.05, 0) is 35.7 Å². The minimum Gasteiger partial charge on any atom is -0.385 e. The normalized spacial score (nSPS) is 10.5. The molecule has 1 amide bonds. The number of rotatable bonds is 6. The van der Waals surface area contributed by atoms with Gasteiger partial charge in [0.2, 0.25) is 5.91 Å². The molecule has 2 rings (SSSR count). The Kier molecular flexibility index (Phi) is 5.59. The lowest BCUT2D eigenvalue weighted by atomic mass is 10.0. The van der Waals surface area contributed by atoms with Crippen LogP contribution in [-0.4, -0.2) is 19.5 Å². The molecule has 0 bridgehead atoms. The highest BCUT2D eigenvalue weighted by Crippen LogP contribution is 2.17. The number of hydrogen-bond acceptors (Lipinski definition) is 2. The Morgan fingerprint density at radius 3 is 2.27 bits per heavy atom. The number of anilines is 2. The molecule has 0 unspecified atom stereocenters. The third-order valence-corrected chi connectivity index (χ3v) is 3.76. The number of benzene rings is 2. The summed E-state index contributed by atoms with van der Waals surface area (Å²) in [5.74, 6) is 0.646. The first-order valence-electron chi connectivity index (χ1n) is 7.73. The van der Waals surface area contributed by atoms with Crippen LogP contribution in [0.25, 0.3) is 0 Å². The van der Waals surface area contributed by atoms with Crippen LogP contribution in [0, 0.1) is 0 Å². The molecule has 1 N–H and O–H groups in total. The molecular weight excluding hydrogens is 272 g/mol. The van der Waals surface area contributed by atoms with Crippen molar-refractivity contribution in [1.82, 2.24) is 0 Å². The Hall–Kier alpha value is -2.29. The highest BCUT2D eigenvalue weighted by atomic mass is 16.2. The number of carbonyl (C=O) groups is 1. The molecule has 0 heterocycles. The molecule has 0 aromatic heterocycles. The first-order valence-corrected chi connectivity index (χ1v) is 7.73. The molecule has 3 nitrogen and oxygen atoms in total. The van der Waals surface area contributed by atoms with Crippen LogP contribution >= 0.6 is 0 Å². The SMILES string of the molecule is CC(C)c1ccc(NCCC(=O)N(C)c2ccccc2)cc1. The van der Waals surface area contributed by atoms with Crippen molar-refractivity contribution < 1.29 is 4.79 Å². The maximum absolute atomic E-state index is 12.2. The minimum absolute atomic E-state index is 0.109. The average Bonchev–Trinajstić information content (AvgIpc) is 2.55. The fourth-order valence-corrected chi connectivity index (χ4v) is 2.26. The van der Waals surface area contributed by atoms with Gasteiger partial charge in [0.1, 0.15) is 0 Å². The van der Waals surface area contributed by atoms with Crippen molar-refractivity contribution in [1.29, 1.82) is 0 Å². The highest BCUT2D eigenvalue weighted by Gasteiger charge is 2.09. The lowest BCUT2D eigenvalue weighted by Crippen LogP contribution is -2.27. The molecule has 22 heavy (non-hydrogen) atoms. The largest absolute Gasteiger partial charge is 0.385 e. The van der Waals surface area contributed by atoms with Gasteiger partial charge in [-0.2, -0.15) is 0 Å². The molecule has 0 aliphatic carbocycles. The molecule has 3 heteroatoms. The van der Waals surface area contributed by atoms with E-state index in [0.29, 0.717) is 18.9 Å². The molecular formula is C19H24N2O. The number of nitrogens with zero attached hydrogens (tertiary/aromatic N) is 1. The van der Waals surface area contributed by atoms with Gasteiger partial charge in [0.15, 0.2) is 0 Å². The van der Waals surface area contributed by atoms with E-state index in [9.17, 15) is 4.79 Å². The van der Waals surface area contributed by atoms with E-state index >= 15 is 0 Å². The molecule has 2 aromatic rings. The molecule has 2 aromatic carbocycles. The monoisotopic (exact) mass is 296 g/mol.